The largest absolute Gasteiger partial charge is 0.316 e. The van der Waals surface area contributed by atoms with Crippen molar-refractivity contribution in [2.75, 3.05) is 18.3 Å². The number of aryl methyl sites for hydroxylation is 1. The molecule has 0 N–H and O–H groups in total. The fourth-order valence-corrected chi connectivity index (χ4v) is 4.75. The third-order valence-electron chi connectivity index (χ3n) is 4.03. The molecule has 142 valence electrons. The number of thioether (sulfide) groups is 1. The molecule has 0 atom stereocenters. The summed E-state index contributed by atoms with van der Waals surface area (Å²) in [5, 5.41) is 0. The Bertz CT molecular complexity index is 1130. The van der Waals surface area contributed by atoms with Crippen LogP contribution in [0.15, 0.2) is 58.4 Å². The van der Waals surface area contributed by atoms with E-state index in [1.807, 2.05) is 24.3 Å². The van der Waals surface area contributed by atoms with Gasteiger partial charge in [-0.15, -0.1) is 0 Å². The zero-order valence-corrected chi connectivity index (χ0v) is 17.5. The highest BCUT2D eigenvalue weighted by molar-refractivity contribution is 7.98. The maximum atomic E-state index is 12.5. The third kappa shape index (κ3) is 4.88. The lowest BCUT2D eigenvalue weighted by Crippen LogP contribution is -2.18. The van der Waals surface area contributed by atoms with Crippen LogP contribution in [0, 0.1) is 0 Å². The smallest absolute Gasteiger partial charge is 0.252 e. The molecule has 0 radical (unpaired) electrons. The molecule has 0 saturated heterocycles. The van der Waals surface area contributed by atoms with Gasteiger partial charge in [-0.3, -0.25) is 4.79 Å². The van der Waals surface area contributed by atoms with Crippen molar-refractivity contribution in [3.63, 3.8) is 0 Å². The number of carbonyl (C=O) groups excluding carboxylic acids is 1. The summed E-state index contributed by atoms with van der Waals surface area (Å²) in [6, 6.07) is 14.4. The van der Waals surface area contributed by atoms with E-state index in [2.05, 4.69) is 15.8 Å². The number of amides is 1. The average molecular weight is 421 g/mol. The van der Waals surface area contributed by atoms with Gasteiger partial charge >= 0.3 is 0 Å². The molecule has 0 aliphatic carbocycles. The van der Waals surface area contributed by atoms with Crippen molar-refractivity contribution in [1.29, 1.82) is 0 Å². The summed E-state index contributed by atoms with van der Waals surface area (Å²) in [4.78, 5) is 17.7. The SMILES string of the molecule is CSCCn1c(=NC(=O)Cc2ccc(S(C)(=O)=O)cc2)sc2ccccc21. The first-order valence-electron chi connectivity index (χ1n) is 8.32. The minimum atomic E-state index is -3.24. The summed E-state index contributed by atoms with van der Waals surface area (Å²) < 4.78 is 26.2. The van der Waals surface area contributed by atoms with Gasteiger partial charge in [0.1, 0.15) is 0 Å². The number of benzene rings is 2. The summed E-state index contributed by atoms with van der Waals surface area (Å²) in [5.41, 5.74) is 1.83. The molecule has 2 aromatic carbocycles. The lowest BCUT2D eigenvalue weighted by molar-refractivity contribution is -0.117. The second-order valence-corrected chi connectivity index (χ2v) is 10.1. The Hall–Kier alpha value is -1.90. The summed E-state index contributed by atoms with van der Waals surface area (Å²) >= 11 is 3.26. The zero-order valence-electron chi connectivity index (χ0n) is 15.1. The van der Waals surface area contributed by atoms with Gasteiger partial charge in [0, 0.05) is 18.6 Å². The molecule has 0 bridgehead atoms. The van der Waals surface area contributed by atoms with E-state index >= 15 is 0 Å². The van der Waals surface area contributed by atoms with Crippen LogP contribution >= 0.6 is 23.1 Å². The van der Waals surface area contributed by atoms with Crippen molar-refractivity contribution in [2.24, 2.45) is 4.99 Å². The molecule has 1 heterocycles. The fourth-order valence-electron chi connectivity index (χ4n) is 2.68. The number of aromatic nitrogens is 1. The number of nitrogens with zero attached hydrogens (tertiary/aromatic N) is 2. The topological polar surface area (TPSA) is 68.5 Å². The van der Waals surface area contributed by atoms with Gasteiger partial charge in [0.25, 0.3) is 5.91 Å². The summed E-state index contributed by atoms with van der Waals surface area (Å²) in [5.74, 6) is 0.696. The van der Waals surface area contributed by atoms with Crippen LogP contribution in [0.2, 0.25) is 0 Å². The molecule has 0 aliphatic heterocycles. The number of fused-ring (bicyclic) bond motifs is 1. The Morgan fingerprint density at radius 3 is 2.52 bits per heavy atom. The minimum absolute atomic E-state index is 0.140. The van der Waals surface area contributed by atoms with E-state index in [0.717, 1.165) is 34.3 Å². The van der Waals surface area contributed by atoms with Crippen LogP contribution in [0.4, 0.5) is 0 Å². The lowest BCUT2D eigenvalue weighted by atomic mass is 10.1. The number of rotatable bonds is 6. The van der Waals surface area contributed by atoms with Crippen molar-refractivity contribution in [1.82, 2.24) is 4.57 Å². The van der Waals surface area contributed by atoms with Crippen LogP contribution in [0.25, 0.3) is 10.2 Å². The summed E-state index contributed by atoms with van der Waals surface area (Å²) in [6.07, 6.45) is 3.36. The first-order valence-corrected chi connectivity index (χ1v) is 12.4. The summed E-state index contributed by atoms with van der Waals surface area (Å²) in [6.45, 7) is 0.792. The Balaban J connectivity index is 1.88. The van der Waals surface area contributed by atoms with E-state index in [1.54, 1.807) is 23.9 Å². The van der Waals surface area contributed by atoms with Crippen molar-refractivity contribution in [3.05, 3.63) is 58.9 Å². The second kappa shape index (κ2) is 8.41. The quantitative estimate of drug-likeness (QED) is 0.614. The molecule has 0 spiro atoms. The number of hydrogen-bond acceptors (Lipinski definition) is 5. The molecular formula is C19H20N2O3S3. The van der Waals surface area contributed by atoms with Crippen LogP contribution in [0.3, 0.4) is 0 Å². The lowest BCUT2D eigenvalue weighted by Gasteiger charge is -2.03. The first kappa shape index (κ1) is 19.9. The van der Waals surface area contributed by atoms with E-state index < -0.39 is 9.84 Å². The van der Waals surface area contributed by atoms with Gasteiger partial charge < -0.3 is 4.57 Å². The van der Waals surface area contributed by atoms with Gasteiger partial charge in [0.2, 0.25) is 0 Å². The molecule has 8 heteroatoms. The van der Waals surface area contributed by atoms with Crippen LogP contribution in [-0.2, 0) is 27.6 Å². The molecule has 27 heavy (non-hydrogen) atoms. The van der Waals surface area contributed by atoms with E-state index in [1.165, 1.54) is 23.5 Å². The monoisotopic (exact) mass is 420 g/mol. The number of para-hydroxylation sites is 1. The predicted molar refractivity (Wildman–Crippen MR) is 112 cm³/mol. The molecular weight excluding hydrogens is 400 g/mol. The predicted octanol–water partition coefficient (Wildman–Crippen LogP) is 3.14. The molecule has 0 saturated carbocycles. The molecule has 0 aliphatic rings. The molecule has 1 aromatic heterocycles. The molecule has 1 amide bonds. The normalized spacial score (nSPS) is 12.6. The molecule has 3 rings (SSSR count). The van der Waals surface area contributed by atoms with Gasteiger partial charge in [0.05, 0.1) is 21.5 Å². The Morgan fingerprint density at radius 1 is 1.15 bits per heavy atom. The van der Waals surface area contributed by atoms with E-state index in [9.17, 15) is 13.2 Å². The van der Waals surface area contributed by atoms with E-state index in [4.69, 9.17) is 0 Å². The number of thiazole rings is 1. The van der Waals surface area contributed by atoms with Crippen molar-refractivity contribution >= 4 is 49.1 Å². The average Bonchev–Trinajstić information content (AvgIpc) is 2.96. The molecule has 0 unspecified atom stereocenters. The Morgan fingerprint density at radius 2 is 1.85 bits per heavy atom. The zero-order chi connectivity index (χ0) is 19.4. The van der Waals surface area contributed by atoms with Crippen molar-refractivity contribution < 1.29 is 13.2 Å². The Labute approximate surface area is 166 Å². The molecule has 5 nitrogen and oxygen atoms in total. The van der Waals surface area contributed by atoms with Crippen LogP contribution in [-0.4, -0.2) is 37.2 Å². The standard InChI is InChI=1S/C19H20N2O3S3/c1-25-12-11-21-16-5-3-4-6-17(16)26-19(21)20-18(22)13-14-7-9-15(10-8-14)27(2,23)24/h3-10H,11-13H2,1-2H3. The number of sulfone groups is 1. The van der Waals surface area contributed by atoms with Gasteiger partial charge in [-0.2, -0.15) is 16.8 Å². The summed E-state index contributed by atoms with van der Waals surface area (Å²) in [7, 11) is -3.24. The highest BCUT2D eigenvalue weighted by atomic mass is 32.2. The van der Waals surface area contributed by atoms with Gasteiger partial charge in [-0.25, -0.2) is 8.42 Å². The maximum absolute atomic E-state index is 12.5. The van der Waals surface area contributed by atoms with Gasteiger partial charge in [-0.1, -0.05) is 35.6 Å². The highest BCUT2D eigenvalue weighted by Gasteiger charge is 2.10. The second-order valence-electron chi connectivity index (χ2n) is 6.10. The fraction of sp³-hybridized carbons (Fsp3) is 0.263. The number of hydrogen-bond donors (Lipinski definition) is 0. The minimum Gasteiger partial charge on any atom is -0.316 e. The maximum Gasteiger partial charge on any atom is 0.252 e. The van der Waals surface area contributed by atoms with Crippen molar-refractivity contribution in [3.8, 4) is 0 Å². The van der Waals surface area contributed by atoms with Crippen LogP contribution in [0.5, 0.6) is 0 Å². The first-order chi connectivity index (χ1) is 12.9. The van der Waals surface area contributed by atoms with Crippen LogP contribution < -0.4 is 4.80 Å². The van der Waals surface area contributed by atoms with Crippen LogP contribution in [0.1, 0.15) is 5.56 Å². The Kier molecular flexibility index (Phi) is 6.18. The van der Waals surface area contributed by atoms with Gasteiger partial charge in [0.15, 0.2) is 14.6 Å². The third-order valence-corrected chi connectivity index (χ3v) is 6.81. The highest BCUT2D eigenvalue weighted by Crippen LogP contribution is 2.17. The van der Waals surface area contributed by atoms with Gasteiger partial charge in [-0.05, 0) is 36.1 Å². The van der Waals surface area contributed by atoms with E-state index in [-0.39, 0.29) is 17.2 Å². The molecule has 0 fully saturated rings. The molecule has 3 aromatic rings. The van der Waals surface area contributed by atoms with Crippen molar-refractivity contribution in [2.45, 2.75) is 17.9 Å². The van der Waals surface area contributed by atoms with E-state index in [0.29, 0.717) is 4.80 Å². The number of carbonyl (C=O) groups is 1.